The van der Waals surface area contributed by atoms with Crippen LogP contribution in [0.15, 0.2) is 53.5 Å². The van der Waals surface area contributed by atoms with Gasteiger partial charge in [0.25, 0.3) is 5.91 Å². The largest absolute Gasteiger partial charge is 0.486 e. The lowest BCUT2D eigenvalue weighted by atomic mass is 10.2. The molecule has 8 nitrogen and oxygen atoms in total. The number of rotatable bonds is 4. The Balaban J connectivity index is 1.40. The molecule has 1 N–H and O–H groups in total. The molecule has 5 rings (SSSR count). The van der Waals surface area contributed by atoms with Crippen molar-refractivity contribution in [2.75, 3.05) is 19.9 Å². The average Bonchev–Trinajstić information content (AvgIpc) is 3.44. The molecular formula is C22H24N4O4. The van der Waals surface area contributed by atoms with Crippen molar-refractivity contribution in [1.82, 2.24) is 15.5 Å². The van der Waals surface area contributed by atoms with Gasteiger partial charge in [-0.3, -0.25) is 15.1 Å². The number of nitrogens with zero attached hydrogens (tertiary/aromatic N) is 3. The number of benzene rings is 2. The van der Waals surface area contributed by atoms with Crippen molar-refractivity contribution < 1.29 is 19.1 Å². The van der Waals surface area contributed by atoms with Crippen LogP contribution in [0.1, 0.15) is 36.0 Å². The number of hydrazine groups is 1. The summed E-state index contributed by atoms with van der Waals surface area (Å²) in [6.07, 6.45) is 4.49. The van der Waals surface area contributed by atoms with Gasteiger partial charge in [-0.1, -0.05) is 31.0 Å². The molecule has 1 saturated carbocycles. The summed E-state index contributed by atoms with van der Waals surface area (Å²) in [5.74, 6) is 1.72. The Morgan fingerprint density at radius 2 is 1.80 bits per heavy atom. The number of aliphatic imine (C=N–C) groups is 1. The summed E-state index contributed by atoms with van der Waals surface area (Å²) in [6, 6.07) is 14.7. The smallest absolute Gasteiger partial charge is 0.274 e. The Labute approximate surface area is 175 Å². The summed E-state index contributed by atoms with van der Waals surface area (Å²) in [6.45, 7) is 1.32. The summed E-state index contributed by atoms with van der Waals surface area (Å²) in [5, 5.41) is 3.19. The molecule has 2 aromatic rings. The fourth-order valence-corrected chi connectivity index (χ4v) is 3.82. The van der Waals surface area contributed by atoms with Gasteiger partial charge >= 0.3 is 0 Å². The fourth-order valence-electron chi connectivity index (χ4n) is 3.82. The zero-order valence-electron chi connectivity index (χ0n) is 16.6. The molecule has 0 spiro atoms. The van der Waals surface area contributed by atoms with Crippen molar-refractivity contribution in [3.05, 3.63) is 54.1 Å². The maximum atomic E-state index is 12.9. The summed E-state index contributed by atoms with van der Waals surface area (Å²) in [4.78, 5) is 23.8. The van der Waals surface area contributed by atoms with Gasteiger partial charge in [0, 0.05) is 11.6 Å². The standard InChI is InChI=1S/C22H24N4O4/c27-21(16-6-2-1-3-7-16)25-15-26(30-18-8-4-5-9-18)22(24-25)23-17-10-11-19-20(14-17)29-13-12-28-19/h1-3,6-7,10-11,14,18H,4-5,8-9,12-13,15H2,(H,23,24). The van der Waals surface area contributed by atoms with E-state index in [1.54, 1.807) is 17.2 Å². The van der Waals surface area contributed by atoms with Crippen molar-refractivity contribution in [2.24, 2.45) is 4.99 Å². The van der Waals surface area contributed by atoms with Gasteiger partial charge < -0.3 is 9.47 Å². The van der Waals surface area contributed by atoms with E-state index in [1.165, 1.54) is 5.01 Å². The van der Waals surface area contributed by atoms with Gasteiger partial charge in [-0.25, -0.2) is 10.0 Å². The second-order valence-corrected chi connectivity index (χ2v) is 7.51. The highest BCUT2D eigenvalue weighted by Gasteiger charge is 2.33. The maximum Gasteiger partial charge on any atom is 0.274 e. The third-order valence-corrected chi connectivity index (χ3v) is 5.35. The van der Waals surface area contributed by atoms with Gasteiger partial charge in [-0.2, -0.15) is 5.06 Å². The van der Waals surface area contributed by atoms with E-state index in [4.69, 9.17) is 19.3 Å². The molecule has 2 heterocycles. The predicted molar refractivity (Wildman–Crippen MR) is 110 cm³/mol. The zero-order chi connectivity index (χ0) is 20.3. The molecule has 2 fully saturated rings. The topological polar surface area (TPSA) is 75.6 Å². The minimum Gasteiger partial charge on any atom is -0.486 e. The lowest BCUT2D eigenvalue weighted by molar-refractivity contribution is -0.146. The summed E-state index contributed by atoms with van der Waals surface area (Å²) in [7, 11) is 0. The average molecular weight is 408 g/mol. The van der Waals surface area contributed by atoms with Crippen LogP contribution in [-0.4, -0.2) is 47.9 Å². The van der Waals surface area contributed by atoms with Gasteiger partial charge in [0.2, 0.25) is 5.96 Å². The lowest BCUT2D eigenvalue weighted by Crippen LogP contribution is -2.38. The van der Waals surface area contributed by atoms with Gasteiger partial charge in [0.1, 0.15) is 19.9 Å². The number of nitrogens with one attached hydrogen (secondary N) is 1. The number of carbonyl (C=O) groups excluding carboxylic acids is 1. The molecule has 2 aromatic carbocycles. The number of carbonyl (C=O) groups is 1. The Morgan fingerprint density at radius 1 is 1.03 bits per heavy atom. The molecule has 0 aromatic heterocycles. The van der Waals surface area contributed by atoms with E-state index in [-0.39, 0.29) is 18.7 Å². The summed E-state index contributed by atoms with van der Waals surface area (Å²) in [5.41, 5.74) is 4.40. The van der Waals surface area contributed by atoms with Gasteiger partial charge in [0.05, 0.1) is 11.8 Å². The maximum absolute atomic E-state index is 12.9. The van der Waals surface area contributed by atoms with E-state index in [1.807, 2.05) is 36.4 Å². The van der Waals surface area contributed by atoms with E-state index < -0.39 is 0 Å². The summed E-state index contributed by atoms with van der Waals surface area (Å²) < 4.78 is 11.2. The number of ether oxygens (including phenoxy) is 2. The van der Waals surface area contributed by atoms with Crippen molar-refractivity contribution in [1.29, 1.82) is 0 Å². The van der Waals surface area contributed by atoms with E-state index in [0.29, 0.717) is 41.9 Å². The molecule has 0 bridgehead atoms. The molecule has 0 radical (unpaired) electrons. The number of guanidine groups is 1. The van der Waals surface area contributed by atoms with E-state index in [0.717, 1.165) is 25.7 Å². The van der Waals surface area contributed by atoms with E-state index >= 15 is 0 Å². The molecule has 3 aliphatic rings. The molecule has 1 amide bonds. The van der Waals surface area contributed by atoms with Crippen LogP contribution in [0.3, 0.4) is 0 Å². The molecule has 8 heteroatoms. The fraction of sp³-hybridized carbons (Fsp3) is 0.364. The first-order valence-corrected chi connectivity index (χ1v) is 10.3. The third-order valence-electron chi connectivity index (χ3n) is 5.35. The number of hydrogen-bond acceptors (Lipinski definition) is 5. The minimum atomic E-state index is -0.136. The van der Waals surface area contributed by atoms with Crippen molar-refractivity contribution in [3.8, 4) is 11.5 Å². The van der Waals surface area contributed by atoms with Crippen LogP contribution >= 0.6 is 0 Å². The van der Waals surface area contributed by atoms with Crippen LogP contribution in [0.25, 0.3) is 0 Å². The minimum absolute atomic E-state index is 0.136. The summed E-state index contributed by atoms with van der Waals surface area (Å²) >= 11 is 0. The van der Waals surface area contributed by atoms with Crippen LogP contribution in [0.5, 0.6) is 11.5 Å². The highest BCUT2D eigenvalue weighted by atomic mass is 16.7. The van der Waals surface area contributed by atoms with Crippen LogP contribution < -0.4 is 14.9 Å². The SMILES string of the molecule is O=C(c1ccccc1)N1CN(OC2CCCC2)C(=Nc2ccc3c(c2)OCCO3)N1. The molecular weight excluding hydrogens is 384 g/mol. The Kier molecular flexibility index (Phi) is 5.15. The number of fused-ring (bicyclic) bond motifs is 1. The normalized spacial score (nSPS) is 19.9. The Morgan fingerprint density at radius 3 is 2.60 bits per heavy atom. The quantitative estimate of drug-likeness (QED) is 0.837. The Hall–Kier alpha value is -3.26. The second-order valence-electron chi connectivity index (χ2n) is 7.51. The first-order chi connectivity index (χ1) is 14.8. The van der Waals surface area contributed by atoms with Crippen molar-refractivity contribution >= 4 is 17.6 Å². The van der Waals surface area contributed by atoms with Gasteiger partial charge in [0.15, 0.2) is 11.5 Å². The highest BCUT2D eigenvalue weighted by molar-refractivity contribution is 5.97. The van der Waals surface area contributed by atoms with Crippen LogP contribution in [-0.2, 0) is 4.84 Å². The van der Waals surface area contributed by atoms with Crippen molar-refractivity contribution in [3.63, 3.8) is 0 Å². The second kappa shape index (κ2) is 8.23. The van der Waals surface area contributed by atoms with Crippen LogP contribution in [0.4, 0.5) is 5.69 Å². The molecule has 0 unspecified atom stereocenters. The van der Waals surface area contributed by atoms with Gasteiger partial charge in [-0.15, -0.1) is 0 Å². The first-order valence-electron chi connectivity index (χ1n) is 10.3. The molecule has 1 saturated heterocycles. The number of hydroxylamine groups is 2. The Bertz CT molecular complexity index is 943. The third kappa shape index (κ3) is 3.91. The van der Waals surface area contributed by atoms with E-state index in [9.17, 15) is 4.79 Å². The molecule has 0 atom stereocenters. The molecule has 1 aliphatic carbocycles. The van der Waals surface area contributed by atoms with E-state index in [2.05, 4.69) is 5.43 Å². The lowest BCUT2D eigenvalue weighted by Gasteiger charge is -2.21. The number of hydrogen-bond donors (Lipinski definition) is 1. The van der Waals surface area contributed by atoms with Crippen LogP contribution in [0, 0.1) is 0 Å². The van der Waals surface area contributed by atoms with Crippen LogP contribution in [0.2, 0.25) is 0 Å². The molecule has 30 heavy (non-hydrogen) atoms. The molecule has 156 valence electrons. The number of amides is 1. The zero-order valence-corrected chi connectivity index (χ0v) is 16.6. The highest BCUT2D eigenvalue weighted by Crippen LogP contribution is 2.34. The predicted octanol–water partition coefficient (Wildman–Crippen LogP) is 3.24. The van der Waals surface area contributed by atoms with Crippen molar-refractivity contribution in [2.45, 2.75) is 31.8 Å². The molecule has 2 aliphatic heterocycles. The van der Waals surface area contributed by atoms with Gasteiger partial charge in [-0.05, 0) is 37.1 Å². The first kappa shape index (κ1) is 18.7. The monoisotopic (exact) mass is 408 g/mol.